The van der Waals surface area contributed by atoms with Crippen LogP contribution in [0, 0.1) is 0 Å². The Morgan fingerprint density at radius 3 is 2.47 bits per heavy atom. The molecule has 0 aromatic heterocycles. The second-order valence-corrected chi connectivity index (χ2v) is 3.50. The van der Waals surface area contributed by atoms with Crippen molar-refractivity contribution >= 4 is 21.6 Å². The molecule has 0 atom stereocenters. The Morgan fingerprint density at radius 2 is 2.00 bits per heavy atom. The third kappa shape index (κ3) is 3.00. The lowest BCUT2D eigenvalue weighted by Gasteiger charge is -2.14. The van der Waals surface area contributed by atoms with Crippen molar-refractivity contribution in [3.8, 4) is 5.75 Å². The van der Waals surface area contributed by atoms with Crippen LogP contribution >= 0.6 is 15.9 Å². The van der Waals surface area contributed by atoms with E-state index in [0.717, 1.165) is 6.07 Å². The van der Waals surface area contributed by atoms with E-state index in [1.54, 1.807) is 0 Å². The molecule has 3 nitrogen and oxygen atoms in total. The van der Waals surface area contributed by atoms with Crippen molar-refractivity contribution in [1.29, 1.82) is 0 Å². The summed E-state index contributed by atoms with van der Waals surface area (Å²) >= 11 is 3.03. The van der Waals surface area contributed by atoms with Crippen molar-refractivity contribution in [1.82, 2.24) is 0 Å². The lowest BCUT2D eigenvalue weighted by Crippen LogP contribution is -2.18. The standard InChI is InChI=1S/C8H7BrF3NO2/c9-5-1-2-6(15-8(10,11)12)4(3-14)7(5)13/h1-2,14H,3,13H2. The third-order valence-corrected chi connectivity index (χ3v) is 2.34. The minimum atomic E-state index is -4.80. The fourth-order valence-electron chi connectivity index (χ4n) is 0.999. The van der Waals surface area contributed by atoms with Crippen molar-refractivity contribution in [2.75, 3.05) is 5.73 Å². The molecule has 0 aliphatic rings. The molecule has 0 spiro atoms. The highest BCUT2D eigenvalue weighted by molar-refractivity contribution is 9.10. The summed E-state index contributed by atoms with van der Waals surface area (Å²) in [6, 6.07) is 2.40. The number of nitrogens with two attached hydrogens (primary N) is 1. The van der Waals surface area contributed by atoms with Gasteiger partial charge in [-0.1, -0.05) is 0 Å². The number of nitrogen functional groups attached to an aromatic ring is 1. The van der Waals surface area contributed by atoms with Crippen LogP contribution in [-0.4, -0.2) is 11.5 Å². The van der Waals surface area contributed by atoms with E-state index in [1.165, 1.54) is 6.07 Å². The Hall–Kier alpha value is -0.950. The first-order valence-electron chi connectivity index (χ1n) is 3.78. The van der Waals surface area contributed by atoms with Crippen LogP contribution < -0.4 is 10.5 Å². The van der Waals surface area contributed by atoms with Gasteiger partial charge < -0.3 is 15.6 Å². The van der Waals surface area contributed by atoms with E-state index < -0.39 is 18.7 Å². The molecular formula is C8H7BrF3NO2. The Labute approximate surface area is 91.8 Å². The third-order valence-electron chi connectivity index (χ3n) is 1.64. The number of hydrogen-bond acceptors (Lipinski definition) is 3. The Bertz CT molecular complexity index is 368. The molecular weight excluding hydrogens is 279 g/mol. The summed E-state index contributed by atoms with van der Waals surface area (Å²) in [5, 5.41) is 8.87. The summed E-state index contributed by atoms with van der Waals surface area (Å²) in [6.45, 7) is -0.628. The molecule has 0 fully saturated rings. The number of hydrogen-bond donors (Lipinski definition) is 2. The molecule has 0 saturated heterocycles. The maximum Gasteiger partial charge on any atom is 0.573 e. The number of anilines is 1. The molecule has 84 valence electrons. The van der Waals surface area contributed by atoms with Crippen molar-refractivity contribution in [2.45, 2.75) is 13.0 Å². The first-order chi connectivity index (χ1) is 6.85. The molecule has 0 heterocycles. The predicted octanol–water partition coefficient (Wildman–Crippen LogP) is 2.42. The number of benzene rings is 1. The van der Waals surface area contributed by atoms with E-state index in [1.807, 2.05) is 0 Å². The number of aliphatic hydroxyl groups excluding tert-OH is 1. The van der Waals surface area contributed by atoms with Crippen molar-refractivity contribution in [2.24, 2.45) is 0 Å². The van der Waals surface area contributed by atoms with E-state index >= 15 is 0 Å². The lowest BCUT2D eigenvalue weighted by atomic mass is 10.2. The predicted molar refractivity (Wildman–Crippen MR) is 51.2 cm³/mol. The minimum Gasteiger partial charge on any atom is -0.405 e. The zero-order valence-corrected chi connectivity index (χ0v) is 8.89. The van der Waals surface area contributed by atoms with Crippen LogP contribution in [0.15, 0.2) is 16.6 Å². The summed E-state index contributed by atoms with van der Waals surface area (Å²) < 4.78 is 39.9. The van der Waals surface area contributed by atoms with Gasteiger partial charge in [0, 0.05) is 10.0 Å². The SMILES string of the molecule is Nc1c(Br)ccc(OC(F)(F)F)c1CO. The van der Waals surface area contributed by atoms with Gasteiger partial charge in [-0.05, 0) is 28.1 Å². The second-order valence-electron chi connectivity index (χ2n) is 2.64. The van der Waals surface area contributed by atoms with E-state index in [2.05, 4.69) is 20.7 Å². The van der Waals surface area contributed by atoms with Crippen molar-refractivity contribution < 1.29 is 23.0 Å². The van der Waals surface area contributed by atoms with Crippen molar-refractivity contribution in [3.63, 3.8) is 0 Å². The van der Waals surface area contributed by atoms with Gasteiger partial charge in [-0.15, -0.1) is 13.2 Å². The lowest BCUT2D eigenvalue weighted by molar-refractivity contribution is -0.275. The highest BCUT2D eigenvalue weighted by Crippen LogP contribution is 2.34. The van der Waals surface area contributed by atoms with Crippen LogP contribution in [0.4, 0.5) is 18.9 Å². The normalized spacial score (nSPS) is 11.5. The summed E-state index contributed by atoms with van der Waals surface area (Å²) in [7, 11) is 0. The monoisotopic (exact) mass is 285 g/mol. The van der Waals surface area contributed by atoms with E-state index in [9.17, 15) is 13.2 Å². The van der Waals surface area contributed by atoms with E-state index in [4.69, 9.17) is 10.8 Å². The topological polar surface area (TPSA) is 55.5 Å². The largest absolute Gasteiger partial charge is 0.573 e. The van der Waals surface area contributed by atoms with Gasteiger partial charge in [0.2, 0.25) is 0 Å². The summed E-state index contributed by atoms with van der Waals surface area (Å²) in [4.78, 5) is 0. The van der Waals surface area contributed by atoms with Crippen LogP contribution in [0.5, 0.6) is 5.75 Å². The van der Waals surface area contributed by atoms with Gasteiger partial charge in [0.05, 0.1) is 12.3 Å². The first-order valence-corrected chi connectivity index (χ1v) is 4.58. The molecule has 1 aromatic carbocycles. The van der Waals surface area contributed by atoms with Crippen LogP contribution in [-0.2, 0) is 6.61 Å². The van der Waals surface area contributed by atoms with Crippen LogP contribution in [0.3, 0.4) is 0 Å². The Balaban J connectivity index is 3.14. The molecule has 0 amide bonds. The number of alkyl halides is 3. The van der Waals surface area contributed by atoms with Gasteiger partial charge >= 0.3 is 6.36 Å². The molecule has 0 aliphatic heterocycles. The van der Waals surface area contributed by atoms with Gasteiger partial charge in [0.15, 0.2) is 0 Å². The Morgan fingerprint density at radius 1 is 1.40 bits per heavy atom. The fraction of sp³-hybridized carbons (Fsp3) is 0.250. The van der Waals surface area contributed by atoms with E-state index in [0.29, 0.717) is 4.47 Å². The number of rotatable bonds is 2. The van der Waals surface area contributed by atoms with Crippen LogP contribution in [0.2, 0.25) is 0 Å². The molecule has 7 heteroatoms. The van der Waals surface area contributed by atoms with Crippen LogP contribution in [0.25, 0.3) is 0 Å². The molecule has 1 rings (SSSR count). The molecule has 0 radical (unpaired) electrons. The number of aliphatic hydroxyl groups is 1. The average Bonchev–Trinajstić information content (AvgIpc) is 2.10. The zero-order chi connectivity index (χ0) is 11.6. The van der Waals surface area contributed by atoms with E-state index in [-0.39, 0.29) is 11.3 Å². The van der Waals surface area contributed by atoms with Crippen molar-refractivity contribution in [3.05, 3.63) is 22.2 Å². The zero-order valence-electron chi connectivity index (χ0n) is 7.31. The smallest absolute Gasteiger partial charge is 0.405 e. The summed E-state index contributed by atoms with van der Waals surface area (Å²) in [6.07, 6.45) is -4.80. The maximum absolute atomic E-state index is 11.9. The van der Waals surface area contributed by atoms with Gasteiger partial charge in [0.1, 0.15) is 5.75 Å². The molecule has 3 N–H and O–H groups in total. The second kappa shape index (κ2) is 4.28. The summed E-state index contributed by atoms with van der Waals surface area (Å²) in [5.41, 5.74) is 5.39. The van der Waals surface area contributed by atoms with Crippen LogP contribution in [0.1, 0.15) is 5.56 Å². The fourth-order valence-corrected chi connectivity index (χ4v) is 1.37. The minimum absolute atomic E-state index is 0.0271. The highest BCUT2D eigenvalue weighted by atomic mass is 79.9. The van der Waals surface area contributed by atoms with Gasteiger partial charge in [-0.3, -0.25) is 0 Å². The Kier molecular flexibility index (Phi) is 3.46. The number of ether oxygens (including phenoxy) is 1. The molecule has 15 heavy (non-hydrogen) atoms. The molecule has 0 saturated carbocycles. The maximum atomic E-state index is 11.9. The average molecular weight is 286 g/mol. The number of halogens is 4. The van der Waals surface area contributed by atoms with Gasteiger partial charge in [0.25, 0.3) is 0 Å². The molecule has 0 aliphatic carbocycles. The highest BCUT2D eigenvalue weighted by Gasteiger charge is 2.32. The molecule has 0 unspecified atom stereocenters. The molecule has 0 bridgehead atoms. The van der Waals surface area contributed by atoms with Gasteiger partial charge in [-0.2, -0.15) is 0 Å². The summed E-state index contributed by atoms with van der Waals surface area (Å²) in [5.74, 6) is -0.495. The quantitative estimate of drug-likeness (QED) is 0.821. The van der Waals surface area contributed by atoms with Gasteiger partial charge in [-0.25, -0.2) is 0 Å². The first kappa shape index (κ1) is 12.1. The molecule has 1 aromatic rings.